The van der Waals surface area contributed by atoms with Crippen LogP contribution in [0.3, 0.4) is 0 Å². The highest BCUT2D eigenvalue weighted by Gasteiger charge is 2.28. The van der Waals surface area contributed by atoms with Crippen LogP contribution in [-0.2, 0) is 0 Å². The van der Waals surface area contributed by atoms with Crippen molar-refractivity contribution in [2.45, 2.75) is 18.9 Å². The number of aliphatic hydroxyl groups excluding tert-OH is 1. The monoisotopic (exact) mass is 378 g/mol. The molecule has 1 aromatic carbocycles. The molecule has 2 amide bonds. The molecule has 0 aliphatic carbocycles. The molecule has 1 atom stereocenters. The number of hydrogen-bond acceptors (Lipinski definition) is 5. The number of nitrogens with zero attached hydrogens (tertiary/aromatic N) is 5. The molecule has 1 aliphatic heterocycles. The van der Waals surface area contributed by atoms with E-state index in [0.717, 1.165) is 18.5 Å². The van der Waals surface area contributed by atoms with Crippen LogP contribution in [0.25, 0.3) is 5.69 Å². The Labute approximate surface area is 162 Å². The van der Waals surface area contributed by atoms with Crippen LogP contribution >= 0.6 is 0 Å². The number of urea groups is 1. The molecule has 144 valence electrons. The molecule has 2 aromatic heterocycles. The molecular weight excluding hydrogens is 356 g/mol. The molecule has 8 heteroatoms. The lowest BCUT2D eigenvalue weighted by molar-refractivity contribution is 0.0652. The fraction of sp³-hybridized carbons (Fsp3) is 0.300. The zero-order valence-corrected chi connectivity index (χ0v) is 15.3. The number of carbonyl (C=O) groups is 1. The Kier molecular flexibility index (Phi) is 5.29. The average Bonchev–Trinajstić information content (AvgIpc) is 3.29. The average molecular weight is 378 g/mol. The van der Waals surface area contributed by atoms with E-state index in [1.165, 1.54) is 6.33 Å². The zero-order valence-electron chi connectivity index (χ0n) is 15.3. The van der Waals surface area contributed by atoms with Crippen molar-refractivity contribution in [2.75, 3.05) is 18.4 Å². The minimum atomic E-state index is -0.592. The molecule has 0 radical (unpaired) electrons. The molecule has 0 saturated carbocycles. The first-order chi connectivity index (χ1) is 13.7. The fourth-order valence-corrected chi connectivity index (χ4v) is 3.48. The molecular formula is C20H22N6O2. The normalized spacial score (nSPS) is 16.0. The van der Waals surface area contributed by atoms with E-state index < -0.39 is 6.10 Å². The number of nitrogens with one attached hydrogen (secondary N) is 1. The van der Waals surface area contributed by atoms with Crippen molar-refractivity contribution in [3.05, 3.63) is 67.0 Å². The lowest BCUT2D eigenvalue weighted by Gasteiger charge is -2.34. The number of amides is 2. The Bertz CT molecular complexity index is 907. The summed E-state index contributed by atoms with van der Waals surface area (Å²) >= 11 is 0. The van der Waals surface area contributed by atoms with Gasteiger partial charge in [-0.2, -0.15) is 5.10 Å². The summed E-state index contributed by atoms with van der Waals surface area (Å²) in [4.78, 5) is 22.6. The van der Waals surface area contributed by atoms with Crippen LogP contribution in [-0.4, -0.2) is 48.9 Å². The van der Waals surface area contributed by atoms with Gasteiger partial charge in [0.25, 0.3) is 0 Å². The molecule has 0 spiro atoms. The molecule has 2 N–H and O–H groups in total. The van der Waals surface area contributed by atoms with Crippen molar-refractivity contribution in [3.63, 3.8) is 0 Å². The molecule has 8 nitrogen and oxygen atoms in total. The number of rotatable bonds is 4. The quantitative estimate of drug-likeness (QED) is 0.728. The van der Waals surface area contributed by atoms with Crippen LogP contribution in [0, 0.1) is 5.92 Å². The minimum absolute atomic E-state index is 0.106. The summed E-state index contributed by atoms with van der Waals surface area (Å²) in [6, 6.07) is 12.9. The maximum Gasteiger partial charge on any atom is 0.321 e. The van der Waals surface area contributed by atoms with Crippen LogP contribution in [0.2, 0.25) is 0 Å². The maximum absolute atomic E-state index is 12.6. The van der Waals surface area contributed by atoms with Gasteiger partial charge in [0.2, 0.25) is 0 Å². The molecule has 1 aliphatic rings. The number of carbonyl (C=O) groups excluding carboxylic acids is 1. The van der Waals surface area contributed by atoms with E-state index in [2.05, 4.69) is 20.4 Å². The SMILES string of the molecule is O=C(Nc1cccc(-n2cncn2)c1)N1CCC([C@@H](O)c2ccccn2)CC1. The first-order valence-corrected chi connectivity index (χ1v) is 9.31. The van der Waals surface area contributed by atoms with Gasteiger partial charge in [0.05, 0.1) is 17.5 Å². The van der Waals surface area contributed by atoms with Gasteiger partial charge < -0.3 is 15.3 Å². The molecule has 4 rings (SSSR count). The van der Waals surface area contributed by atoms with Crippen LogP contribution in [0.5, 0.6) is 0 Å². The number of piperidine rings is 1. The zero-order chi connectivity index (χ0) is 19.3. The third-order valence-electron chi connectivity index (χ3n) is 5.04. The second-order valence-electron chi connectivity index (χ2n) is 6.84. The van der Waals surface area contributed by atoms with E-state index in [9.17, 15) is 9.90 Å². The first-order valence-electron chi connectivity index (χ1n) is 9.31. The van der Waals surface area contributed by atoms with E-state index in [4.69, 9.17) is 0 Å². The summed E-state index contributed by atoms with van der Waals surface area (Å²) in [6.07, 6.45) is 5.65. The van der Waals surface area contributed by atoms with Crippen molar-refractivity contribution in [1.82, 2.24) is 24.6 Å². The third kappa shape index (κ3) is 4.01. The number of aromatic nitrogens is 4. The third-order valence-corrected chi connectivity index (χ3v) is 5.04. The predicted molar refractivity (Wildman–Crippen MR) is 104 cm³/mol. The van der Waals surface area contributed by atoms with Crippen molar-refractivity contribution in [3.8, 4) is 5.69 Å². The molecule has 1 saturated heterocycles. The summed E-state index contributed by atoms with van der Waals surface area (Å²) < 4.78 is 1.64. The van der Waals surface area contributed by atoms with Crippen molar-refractivity contribution in [1.29, 1.82) is 0 Å². The molecule has 0 bridgehead atoms. The van der Waals surface area contributed by atoms with E-state index in [0.29, 0.717) is 24.5 Å². The van der Waals surface area contributed by atoms with E-state index in [1.807, 2.05) is 42.5 Å². The Balaban J connectivity index is 1.34. The highest BCUT2D eigenvalue weighted by Crippen LogP contribution is 2.29. The molecule has 28 heavy (non-hydrogen) atoms. The van der Waals surface area contributed by atoms with Gasteiger partial charge in [-0.15, -0.1) is 0 Å². The number of anilines is 1. The number of pyridine rings is 1. The number of aliphatic hydroxyl groups is 1. The second-order valence-corrected chi connectivity index (χ2v) is 6.84. The van der Waals surface area contributed by atoms with Crippen molar-refractivity contribution < 1.29 is 9.90 Å². The Morgan fingerprint density at radius 2 is 2.04 bits per heavy atom. The van der Waals surface area contributed by atoms with Crippen LogP contribution in [0.15, 0.2) is 61.3 Å². The first kappa shape index (κ1) is 18.1. The summed E-state index contributed by atoms with van der Waals surface area (Å²) in [5, 5.41) is 17.6. The molecule has 0 unspecified atom stereocenters. The molecule has 3 heterocycles. The maximum atomic E-state index is 12.6. The second kappa shape index (κ2) is 8.18. The predicted octanol–water partition coefficient (Wildman–Crippen LogP) is 2.64. The van der Waals surface area contributed by atoms with Gasteiger partial charge >= 0.3 is 6.03 Å². The minimum Gasteiger partial charge on any atom is -0.387 e. The van der Waals surface area contributed by atoms with Crippen LogP contribution < -0.4 is 5.32 Å². The number of likely N-dealkylation sites (tertiary alicyclic amines) is 1. The standard InChI is InChI=1S/C20H22N6O2/c27-19(18-6-1-2-9-22-18)15-7-10-25(11-8-15)20(28)24-16-4-3-5-17(12-16)26-14-21-13-23-26/h1-6,9,12-15,19,27H,7-8,10-11H2,(H,24,28)/t19-/m1/s1. The van der Waals surface area contributed by atoms with Gasteiger partial charge in [0, 0.05) is 25.0 Å². The Morgan fingerprint density at radius 3 is 2.75 bits per heavy atom. The van der Waals surface area contributed by atoms with E-state index in [-0.39, 0.29) is 11.9 Å². The van der Waals surface area contributed by atoms with E-state index >= 15 is 0 Å². The lowest BCUT2D eigenvalue weighted by Crippen LogP contribution is -2.42. The smallest absolute Gasteiger partial charge is 0.321 e. The van der Waals surface area contributed by atoms with Gasteiger partial charge in [-0.3, -0.25) is 4.98 Å². The largest absolute Gasteiger partial charge is 0.387 e. The van der Waals surface area contributed by atoms with Gasteiger partial charge in [0.1, 0.15) is 12.7 Å². The summed E-state index contributed by atoms with van der Waals surface area (Å²) in [5.74, 6) is 0.106. The van der Waals surface area contributed by atoms with Crippen molar-refractivity contribution >= 4 is 11.7 Å². The lowest BCUT2D eigenvalue weighted by atomic mass is 9.89. The number of hydrogen-bond donors (Lipinski definition) is 2. The van der Waals surface area contributed by atoms with Crippen LogP contribution in [0.4, 0.5) is 10.5 Å². The van der Waals surface area contributed by atoms with Gasteiger partial charge in [-0.05, 0) is 49.1 Å². The van der Waals surface area contributed by atoms with Gasteiger partial charge in [-0.25, -0.2) is 14.5 Å². The van der Waals surface area contributed by atoms with E-state index in [1.54, 1.807) is 22.1 Å². The number of benzene rings is 1. The molecule has 3 aromatic rings. The van der Waals surface area contributed by atoms with Gasteiger partial charge in [0.15, 0.2) is 0 Å². The van der Waals surface area contributed by atoms with Crippen LogP contribution in [0.1, 0.15) is 24.6 Å². The molecule has 1 fully saturated rings. The Morgan fingerprint density at radius 1 is 1.18 bits per heavy atom. The summed E-state index contributed by atoms with van der Waals surface area (Å²) in [7, 11) is 0. The summed E-state index contributed by atoms with van der Waals surface area (Å²) in [5.41, 5.74) is 2.22. The summed E-state index contributed by atoms with van der Waals surface area (Å²) in [6.45, 7) is 1.20. The topological polar surface area (TPSA) is 96.2 Å². The van der Waals surface area contributed by atoms with Crippen molar-refractivity contribution in [2.24, 2.45) is 5.92 Å². The fourth-order valence-electron chi connectivity index (χ4n) is 3.48. The Hall–Kier alpha value is -3.26. The highest BCUT2D eigenvalue weighted by atomic mass is 16.3. The highest BCUT2D eigenvalue weighted by molar-refractivity contribution is 5.89. The van der Waals surface area contributed by atoms with Gasteiger partial charge in [-0.1, -0.05) is 12.1 Å².